The predicted molar refractivity (Wildman–Crippen MR) is 91.1 cm³/mol. The van der Waals surface area contributed by atoms with Crippen molar-refractivity contribution in [2.45, 2.75) is 6.42 Å². The number of nitrogens with one attached hydrogen (secondary N) is 1. The average molecular weight is 310 g/mol. The van der Waals surface area contributed by atoms with Crippen molar-refractivity contribution >= 4 is 17.5 Å². The van der Waals surface area contributed by atoms with Gasteiger partial charge in [-0.2, -0.15) is 0 Å². The molecule has 110 valence electrons. The van der Waals surface area contributed by atoms with E-state index in [9.17, 15) is 0 Å². The normalized spacial score (nSPS) is 10.4. The molecule has 0 radical (unpaired) electrons. The molecular weight excluding hydrogens is 294 g/mol. The number of rotatable bonds is 5. The molecule has 22 heavy (non-hydrogen) atoms. The molecule has 0 bridgehead atoms. The smallest absolute Gasteiger partial charge is 0.222 e. The molecule has 3 aromatic rings. The van der Waals surface area contributed by atoms with Crippen molar-refractivity contribution in [3.05, 3.63) is 77.6 Å². The molecular formula is C18H16ClN3. The van der Waals surface area contributed by atoms with Gasteiger partial charge in [0, 0.05) is 29.5 Å². The minimum absolute atomic E-state index is 0.647. The third kappa shape index (κ3) is 3.83. The van der Waals surface area contributed by atoms with Crippen LogP contribution in [-0.4, -0.2) is 16.5 Å². The highest BCUT2D eigenvalue weighted by Crippen LogP contribution is 2.20. The lowest BCUT2D eigenvalue weighted by atomic mass is 10.1. The summed E-state index contributed by atoms with van der Waals surface area (Å²) in [5.74, 6) is 0.647. The van der Waals surface area contributed by atoms with E-state index < -0.39 is 0 Å². The largest absolute Gasteiger partial charge is 0.354 e. The molecule has 0 saturated heterocycles. The van der Waals surface area contributed by atoms with E-state index in [0.29, 0.717) is 5.95 Å². The van der Waals surface area contributed by atoms with Crippen LogP contribution in [-0.2, 0) is 6.42 Å². The summed E-state index contributed by atoms with van der Waals surface area (Å²) in [6.45, 7) is 0.810. The maximum atomic E-state index is 5.89. The SMILES string of the molecule is Clc1ccc(-c2cnc(NCCc3ccccc3)nc2)cc1. The second kappa shape index (κ2) is 7.05. The Balaban J connectivity index is 1.58. The Morgan fingerprint density at radius 3 is 2.18 bits per heavy atom. The Hall–Kier alpha value is -2.39. The van der Waals surface area contributed by atoms with Crippen molar-refractivity contribution in [1.82, 2.24) is 9.97 Å². The van der Waals surface area contributed by atoms with Gasteiger partial charge in [0.25, 0.3) is 0 Å². The maximum absolute atomic E-state index is 5.89. The van der Waals surface area contributed by atoms with Crippen LogP contribution < -0.4 is 5.32 Å². The Kier molecular flexibility index (Phi) is 4.66. The number of hydrogen-bond acceptors (Lipinski definition) is 3. The topological polar surface area (TPSA) is 37.8 Å². The summed E-state index contributed by atoms with van der Waals surface area (Å²) in [7, 11) is 0. The van der Waals surface area contributed by atoms with E-state index in [1.165, 1.54) is 5.56 Å². The summed E-state index contributed by atoms with van der Waals surface area (Å²) in [6, 6.07) is 18.0. The van der Waals surface area contributed by atoms with Gasteiger partial charge in [0.15, 0.2) is 0 Å². The van der Waals surface area contributed by atoms with E-state index in [0.717, 1.165) is 29.1 Å². The molecule has 1 aromatic heterocycles. The van der Waals surface area contributed by atoms with E-state index in [4.69, 9.17) is 11.6 Å². The van der Waals surface area contributed by atoms with Crippen molar-refractivity contribution in [3.8, 4) is 11.1 Å². The van der Waals surface area contributed by atoms with Crippen LogP contribution in [0, 0.1) is 0 Å². The highest BCUT2D eigenvalue weighted by Gasteiger charge is 2.01. The number of benzene rings is 2. The van der Waals surface area contributed by atoms with Crippen LogP contribution in [0.1, 0.15) is 5.56 Å². The summed E-state index contributed by atoms with van der Waals surface area (Å²) >= 11 is 5.89. The molecule has 0 atom stereocenters. The fraction of sp³-hybridized carbons (Fsp3) is 0.111. The third-order valence-corrected chi connectivity index (χ3v) is 3.62. The van der Waals surface area contributed by atoms with Crippen LogP contribution >= 0.6 is 11.6 Å². The number of aromatic nitrogens is 2. The van der Waals surface area contributed by atoms with Crippen molar-refractivity contribution in [1.29, 1.82) is 0 Å². The molecule has 0 amide bonds. The van der Waals surface area contributed by atoms with Crippen LogP contribution in [0.2, 0.25) is 5.02 Å². The second-order valence-electron chi connectivity index (χ2n) is 4.96. The minimum Gasteiger partial charge on any atom is -0.354 e. The molecule has 0 spiro atoms. The van der Waals surface area contributed by atoms with Gasteiger partial charge in [0.2, 0.25) is 5.95 Å². The molecule has 2 aromatic carbocycles. The van der Waals surface area contributed by atoms with Gasteiger partial charge in [-0.15, -0.1) is 0 Å². The van der Waals surface area contributed by atoms with E-state index in [-0.39, 0.29) is 0 Å². The van der Waals surface area contributed by atoms with E-state index >= 15 is 0 Å². The van der Waals surface area contributed by atoms with Crippen LogP contribution in [0.3, 0.4) is 0 Å². The first-order valence-electron chi connectivity index (χ1n) is 7.17. The Labute approximate surface area is 135 Å². The van der Waals surface area contributed by atoms with Crippen LogP contribution in [0.5, 0.6) is 0 Å². The zero-order valence-electron chi connectivity index (χ0n) is 12.0. The lowest BCUT2D eigenvalue weighted by Crippen LogP contribution is -2.07. The molecule has 3 nitrogen and oxygen atoms in total. The lowest BCUT2D eigenvalue weighted by Gasteiger charge is -2.06. The van der Waals surface area contributed by atoms with Gasteiger partial charge in [-0.05, 0) is 29.7 Å². The first-order valence-corrected chi connectivity index (χ1v) is 7.55. The van der Waals surface area contributed by atoms with E-state index in [1.54, 1.807) is 0 Å². The molecule has 1 heterocycles. The molecule has 0 aliphatic carbocycles. The molecule has 0 aliphatic heterocycles. The molecule has 0 unspecified atom stereocenters. The molecule has 0 fully saturated rings. The third-order valence-electron chi connectivity index (χ3n) is 3.37. The number of halogens is 1. The lowest BCUT2D eigenvalue weighted by molar-refractivity contribution is 0.984. The fourth-order valence-corrected chi connectivity index (χ4v) is 2.30. The van der Waals surface area contributed by atoms with Crippen LogP contribution in [0.4, 0.5) is 5.95 Å². The van der Waals surface area contributed by atoms with Crippen LogP contribution in [0.25, 0.3) is 11.1 Å². The van der Waals surface area contributed by atoms with Gasteiger partial charge in [-0.25, -0.2) is 9.97 Å². The zero-order valence-corrected chi connectivity index (χ0v) is 12.8. The Morgan fingerprint density at radius 2 is 1.50 bits per heavy atom. The number of hydrogen-bond donors (Lipinski definition) is 1. The van der Waals surface area contributed by atoms with Gasteiger partial charge in [-0.3, -0.25) is 0 Å². The van der Waals surface area contributed by atoms with E-state index in [1.807, 2.05) is 54.9 Å². The first-order chi connectivity index (χ1) is 10.8. The van der Waals surface area contributed by atoms with Gasteiger partial charge in [0.05, 0.1) is 0 Å². The van der Waals surface area contributed by atoms with Crippen LogP contribution in [0.15, 0.2) is 67.0 Å². The summed E-state index contributed by atoms with van der Waals surface area (Å²) in [6.07, 6.45) is 4.59. The number of nitrogens with zero attached hydrogens (tertiary/aromatic N) is 2. The average Bonchev–Trinajstić information content (AvgIpc) is 2.57. The van der Waals surface area contributed by atoms with Crippen molar-refractivity contribution in [2.75, 3.05) is 11.9 Å². The van der Waals surface area contributed by atoms with Gasteiger partial charge < -0.3 is 5.32 Å². The summed E-state index contributed by atoms with van der Waals surface area (Å²) < 4.78 is 0. The Morgan fingerprint density at radius 1 is 0.818 bits per heavy atom. The minimum atomic E-state index is 0.647. The zero-order chi connectivity index (χ0) is 15.2. The summed E-state index contributed by atoms with van der Waals surface area (Å²) in [5.41, 5.74) is 3.33. The van der Waals surface area contributed by atoms with Crippen molar-refractivity contribution in [3.63, 3.8) is 0 Å². The van der Waals surface area contributed by atoms with Gasteiger partial charge in [-0.1, -0.05) is 54.1 Å². The second-order valence-corrected chi connectivity index (χ2v) is 5.40. The van der Waals surface area contributed by atoms with Crippen molar-refractivity contribution < 1.29 is 0 Å². The number of anilines is 1. The maximum Gasteiger partial charge on any atom is 0.222 e. The molecule has 0 saturated carbocycles. The monoisotopic (exact) mass is 309 g/mol. The highest BCUT2D eigenvalue weighted by molar-refractivity contribution is 6.30. The Bertz CT molecular complexity index is 710. The summed E-state index contributed by atoms with van der Waals surface area (Å²) in [4.78, 5) is 8.71. The van der Waals surface area contributed by atoms with Gasteiger partial charge in [0.1, 0.15) is 0 Å². The molecule has 3 rings (SSSR count). The van der Waals surface area contributed by atoms with E-state index in [2.05, 4.69) is 27.4 Å². The molecule has 0 aliphatic rings. The summed E-state index contributed by atoms with van der Waals surface area (Å²) in [5, 5.41) is 3.96. The molecule has 1 N–H and O–H groups in total. The quantitative estimate of drug-likeness (QED) is 0.756. The predicted octanol–water partition coefficient (Wildman–Crippen LogP) is 4.45. The first kappa shape index (κ1) is 14.5. The fourth-order valence-electron chi connectivity index (χ4n) is 2.17. The standard InChI is InChI=1S/C18H16ClN3/c19-17-8-6-15(7-9-17)16-12-21-18(22-13-16)20-11-10-14-4-2-1-3-5-14/h1-9,12-13H,10-11H2,(H,20,21,22). The highest BCUT2D eigenvalue weighted by atomic mass is 35.5. The van der Waals surface area contributed by atoms with Crippen molar-refractivity contribution in [2.24, 2.45) is 0 Å². The van der Waals surface area contributed by atoms with Gasteiger partial charge >= 0.3 is 0 Å². The molecule has 4 heteroatoms.